The topological polar surface area (TPSA) is 41.5 Å². The molecule has 16 heavy (non-hydrogen) atoms. The summed E-state index contributed by atoms with van der Waals surface area (Å²) in [5, 5.41) is 3.89. The van der Waals surface area contributed by atoms with Gasteiger partial charge in [0.05, 0.1) is 6.21 Å². The van der Waals surface area contributed by atoms with Gasteiger partial charge in [-0.1, -0.05) is 26.0 Å². The predicted octanol–water partition coefficient (Wildman–Crippen LogP) is 2.51. The maximum absolute atomic E-state index is 11.2. The molecule has 1 N–H and O–H groups in total. The summed E-state index contributed by atoms with van der Waals surface area (Å²) in [4.78, 5) is 12.4. The van der Waals surface area contributed by atoms with E-state index in [-0.39, 0.29) is 11.8 Å². The van der Waals surface area contributed by atoms with E-state index in [0.717, 1.165) is 5.56 Å². The third-order valence-corrected chi connectivity index (χ3v) is 2.77. The summed E-state index contributed by atoms with van der Waals surface area (Å²) >= 11 is 1.70. The lowest BCUT2D eigenvalue weighted by Crippen LogP contribution is -2.22. The van der Waals surface area contributed by atoms with Crippen LogP contribution in [0.3, 0.4) is 0 Å². The highest BCUT2D eigenvalue weighted by molar-refractivity contribution is 7.98. The van der Waals surface area contributed by atoms with Crippen molar-refractivity contribution >= 4 is 23.9 Å². The molecular weight excluding hydrogens is 220 g/mol. The molecule has 0 saturated carbocycles. The first-order valence-corrected chi connectivity index (χ1v) is 6.33. The Labute approximate surface area is 100 Å². The molecule has 0 spiro atoms. The van der Waals surface area contributed by atoms with Gasteiger partial charge in [0.2, 0.25) is 5.91 Å². The van der Waals surface area contributed by atoms with Crippen LogP contribution >= 0.6 is 11.8 Å². The Kier molecular flexibility index (Phi) is 5.05. The minimum Gasteiger partial charge on any atom is -0.273 e. The Balaban J connectivity index is 2.53. The molecule has 1 amide bonds. The van der Waals surface area contributed by atoms with Gasteiger partial charge in [0, 0.05) is 10.8 Å². The van der Waals surface area contributed by atoms with Crippen LogP contribution in [0.2, 0.25) is 0 Å². The van der Waals surface area contributed by atoms with Gasteiger partial charge >= 0.3 is 0 Å². The van der Waals surface area contributed by atoms with Crippen molar-refractivity contribution in [3.63, 3.8) is 0 Å². The third-order valence-electron chi connectivity index (χ3n) is 2.03. The van der Waals surface area contributed by atoms with Crippen molar-refractivity contribution in [2.75, 3.05) is 6.26 Å². The second-order valence-corrected chi connectivity index (χ2v) is 4.54. The number of hydrazone groups is 1. The zero-order chi connectivity index (χ0) is 12.0. The maximum atomic E-state index is 11.2. The fourth-order valence-corrected chi connectivity index (χ4v) is 1.40. The summed E-state index contributed by atoms with van der Waals surface area (Å²) in [6.45, 7) is 3.66. The van der Waals surface area contributed by atoms with Gasteiger partial charge in [0.15, 0.2) is 0 Å². The van der Waals surface area contributed by atoms with Crippen LogP contribution in [0.15, 0.2) is 34.3 Å². The van der Waals surface area contributed by atoms with Crippen LogP contribution in [0, 0.1) is 5.92 Å². The number of carbonyl (C=O) groups excluding carboxylic acids is 1. The van der Waals surface area contributed by atoms with E-state index >= 15 is 0 Å². The molecule has 3 nitrogen and oxygen atoms in total. The molecule has 4 heteroatoms. The van der Waals surface area contributed by atoms with Gasteiger partial charge in [-0.25, -0.2) is 5.43 Å². The van der Waals surface area contributed by atoms with Crippen molar-refractivity contribution < 1.29 is 4.79 Å². The second-order valence-electron chi connectivity index (χ2n) is 3.66. The summed E-state index contributed by atoms with van der Waals surface area (Å²) in [6.07, 6.45) is 3.68. The smallest absolute Gasteiger partial charge is 0.242 e. The molecule has 0 saturated heterocycles. The standard InChI is InChI=1S/C12H16N2OS/c1-9(2)12(15)14-13-8-10-4-6-11(16-3)7-5-10/h4-9H,1-3H3,(H,14,15)/b13-8+. The largest absolute Gasteiger partial charge is 0.273 e. The van der Waals surface area contributed by atoms with Crippen molar-refractivity contribution in [1.29, 1.82) is 0 Å². The molecule has 1 aromatic rings. The number of nitrogens with zero attached hydrogens (tertiary/aromatic N) is 1. The number of thioether (sulfide) groups is 1. The zero-order valence-electron chi connectivity index (χ0n) is 9.73. The van der Waals surface area contributed by atoms with E-state index in [1.165, 1.54) is 4.90 Å². The first-order valence-electron chi connectivity index (χ1n) is 5.10. The van der Waals surface area contributed by atoms with Gasteiger partial charge in [0.1, 0.15) is 0 Å². The highest BCUT2D eigenvalue weighted by Gasteiger charge is 2.03. The summed E-state index contributed by atoms with van der Waals surface area (Å²) < 4.78 is 0. The molecule has 0 fully saturated rings. The van der Waals surface area contributed by atoms with Crippen molar-refractivity contribution in [3.8, 4) is 0 Å². The number of benzene rings is 1. The molecular formula is C12H16N2OS. The third kappa shape index (κ3) is 4.06. The Morgan fingerprint density at radius 1 is 1.38 bits per heavy atom. The monoisotopic (exact) mass is 236 g/mol. The van der Waals surface area contributed by atoms with Crippen LogP contribution in [0.5, 0.6) is 0 Å². The average molecular weight is 236 g/mol. The van der Waals surface area contributed by atoms with E-state index in [9.17, 15) is 4.79 Å². The Morgan fingerprint density at radius 2 is 2.00 bits per heavy atom. The van der Waals surface area contributed by atoms with Crippen LogP contribution in [-0.4, -0.2) is 18.4 Å². The molecule has 0 aliphatic rings. The molecule has 1 rings (SSSR count). The zero-order valence-corrected chi connectivity index (χ0v) is 10.5. The van der Waals surface area contributed by atoms with Crippen molar-refractivity contribution in [1.82, 2.24) is 5.43 Å². The van der Waals surface area contributed by atoms with Crippen molar-refractivity contribution in [2.24, 2.45) is 11.0 Å². The van der Waals surface area contributed by atoms with E-state index in [2.05, 4.69) is 10.5 Å². The van der Waals surface area contributed by atoms with E-state index in [0.29, 0.717) is 0 Å². The average Bonchev–Trinajstić information content (AvgIpc) is 2.29. The second kappa shape index (κ2) is 6.33. The van der Waals surface area contributed by atoms with Gasteiger partial charge in [0.25, 0.3) is 0 Å². The van der Waals surface area contributed by atoms with Gasteiger partial charge < -0.3 is 0 Å². The number of rotatable bonds is 4. The summed E-state index contributed by atoms with van der Waals surface area (Å²) in [5.41, 5.74) is 3.46. The van der Waals surface area contributed by atoms with E-state index in [1.54, 1.807) is 18.0 Å². The normalized spacial score (nSPS) is 11.0. The number of hydrogen-bond donors (Lipinski definition) is 1. The highest BCUT2D eigenvalue weighted by Crippen LogP contribution is 2.13. The fourth-order valence-electron chi connectivity index (χ4n) is 0.990. The van der Waals surface area contributed by atoms with E-state index < -0.39 is 0 Å². The van der Waals surface area contributed by atoms with Crippen LogP contribution in [0.25, 0.3) is 0 Å². The highest BCUT2D eigenvalue weighted by atomic mass is 32.2. The molecule has 1 aromatic carbocycles. The Bertz CT molecular complexity index is 371. The minimum atomic E-state index is -0.0722. The van der Waals surface area contributed by atoms with E-state index in [1.807, 2.05) is 44.4 Å². The van der Waals surface area contributed by atoms with Crippen LogP contribution in [-0.2, 0) is 4.79 Å². The fraction of sp³-hybridized carbons (Fsp3) is 0.333. The van der Waals surface area contributed by atoms with Crippen molar-refractivity contribution in [2.45, 2.75) is 18.7 Å². The molecule has 0 aromatic heterocycles. The van der Waals surface area contributed by atoms with Crippen LogP contribution in [0.1, 0.15) is 19.4 Å². The summed E-state index contributed by atoms with van der Waals surface area (Å²) in [7, 11) is 0. The lowest BCUT2D eigenvalue weighted by molar-refractivity contribution is -0.123. The van der Waals surface area contributed by atoms with Crippen molar-refractivity contribution in [3.05, 3.63) is 29.8 Å². The molecule has 0 radical (unpaired) electrons. The Hall–Kier alpha value is -1.29. The van der Waals surface area contributed by atoms with E-state index in [4.69, 9.17) is 0 Å². The SMILES string of the molecule is CSc1ccc(/C=N/NC(=O)C(C)C)cc1. The minimum absolute atomic E-state index is 0.0454. The molecule has 0 aliphatic heterocycles. The van der Waals surface area contributed by atoms with Gasteiger partial charge in [-0.2, -0.15) is 5.10 Å². The lowest BCUT2D eigenvalue weighted by atomic mass is 10.2. The summed E-state index contributed by atoms with van der Waals surface area (Å²) in [5.74, 6) is -0.118. The Morgan fingerprint density at radius 3 is 2.50 bits per heavy atom. The molecule has 0 unspecified atom stereocenters. The number of amides is 1. The number of nitrogens with one attached hydrogen (secondary N) is 1. The molecule has 0 heterocycles. The first-order chi connectivity index (χ1) is 7.63. The molecule has 86 valence electrons. The molecule has 0 bridgehead atoms. The predicted molar refractivity (Wildman–Crippen MR) is 68.8 cm³/mol. The number of carbonyl (C=O) groups is 1. The van der Waals surface area contributed by atoms with Gasteiger partial charge in [-0.15, -0.1) is 11.8 Å². The van der Waals surface area contributed by atoms with Gasteiger partial charge in [-0.05, 0) is 24.0 Å². The summed E-state index contributed by atoms with van der Waals surface area (Å²) in [6, 6.07) is 7.99. The quantitative estimate of drug-likeness (QED) is 0.496. The first kappa shape index (κ1) is 12.8. The van der Waals surface area contributed by atoms with Crippen LogP contribution < -0.4 is 5.43 Å². The lowest BCUT2D eigenvalue weighted by Gasteiger charge is -2.01. The molecule has 0 atom stereocenters. The van der Waals surface area contributed by atoms with Gasteiger partial charge in [-0.3, -0.25) is 4.79 Å². The number of hydrogen-bond acceptors (Lipinski definition) is 3. The maximum Gasteiger partial charge on any atom is 0.242 e. The molecule has 0 aliphatic carbocycles. The van der Waals surface area contributed by atoms with Crippen LogP contribution in [0.4, 0.5) is 0 Å².